The van der Waals surface area contributed by atoms with E-state index in [1.54, 1.807) is 4.90 Å². The molecule has 1 N–H and O–H groups in total. The standard InChI is InChI=1S/C29H33ClN2O2/c1-21(2)31-29(34)27(19-23-12-5-4-6-13-23)32(20-25-15-8-7-11-22(25)3)28(33)18-17-24-14-9-10-16-26(24)30/h4-16,21,27H,17-20H2,1-3H3,(H,31,34). The lowest BCUT2D eigenvalue weighted by Gasteiger charge is -2.32. The van der Waals surface area contributed by atoms with Crippen molar-refractivity contribution in [1.82, 2.24) is 10.2 Å². The Morgan fingerprint density at radius 3 is 2.15 bits per heavy atom. The molecule has 0 radical (unpaired) electrons. The summed E-state index contributed by atoms with van der Waals surface area (Å²) < 4.78 is 0. The Bertz CT molecular complexity index is 1100. The monoisotopic (exact) mass is 476 g/mol. The molecule has 178 valence electrons. The Morgan fingerprint density at radius 1 is 0.882 bits per heavy atom. The fourth-order valence-corrected chi connectivity index (χ4v) is 4.22. The highest BCUT2D eigenvalue weighted by Crippen LogP contribution is 2.21. The molecule has 0 saturated heterocycles. The van der Waals surface area contributed by atoms with Crippen LogP contribution < -0.4 is 5.32 Å². The van der Waals surface area contributed by atoms with Gasteiger partial charge in [-0.1, -0.05) is 84.4 Å². The van der Waals surface area contributed by atoms with Crippen LogP contribution in [0.1, 0.15) is 42.5 Å². The topological polar surface area (TPSA) is 49.4 Å². The number of carbonyl (C=O) groups is 2. The molecule has 0 bridgehead atoms. The number of amides is 2. The summed E-state index contributed by atoms with van der Waals surface area (Å²) in [6, 6.07) is 24.8. The largest absolute Gasteiger partial charge is 0.352 e. The minimum Gasteiger partial charge on any atom is -0.352 e. The fourth-order valence-electron chi connectivity index (χ4n) is 3.99. The highest BCUT2D eigenvalue weighted by Gasteiger charge is 2.30. The first-order valence-electron chi connectivity index (χ1n) is 11.8. The molecule has 0 saturated carbocycles. The molecule has 1 atom stereocenters. The Hall–Kier alpha value is -3.11. The van der Waals surface area contributed by atoms with Gasteiger partial charge in [-0.2, -0.15) is 0 Å². The van der Waals surface area contributed by atoms with E-state index in [4.69, 9.17) is 11.6 Å². The van der Waals surface area contributed by atoms with Crippen LogP contribution in [-0.2, 0) is 29.0 Å². The Balaban J connectivity index is 1.93. The van der Waals surface area contributed by atoms with Crippen molar-refractivity contribution in [2.75, 3.05) is 0 Å². The molecule has 3 rings (SSSR count). The van der Waals surface area contributed by atoms with Crippen LogP contribution in [0.3, 0.4) is 0 Å². The van der Waals surface area contributed by atoms with Gasteiger partial charge < -0.3 is 10.2 Å². The van der Waals surface area contributed by atoms with Crippen molar-refractivity contribution in [3.63, 3.8) is 0 Å². The number of rotatable bonds is 10. The van der Waals surface area contributed by atoms with Crippen molar-refractivity contribution in [1.29, 1.82) is 0 Å². The zero-order valence-electron chi connectivity index (χ0n) is 20.1. The maximum absolute atomic E-state index is 13.7. The van der Waals surface area contributed by atoms with Gasteiger partial charge in [0.05, 0.1) is 0 Å². The van der Waals surface area contributed by atoms with Crippen LogP contribution >= 0.6 is 11.6 Å². The molecule has 5 heteroatoms. The van der Waals surface area contributed by atoms with Gasteiger partial charge in [-0.25, -0.2) is 0 Å². The van der Waals surface area contributed by atoms with Gasteiger partial charge in [0.2, 0.25) is 11.8 Å². The van der Waals surface area contributed by atoms with Crippen molar-refractivity contribution in [3.05, 3.63) is 106 Å². The van der Waals surface area contributed by atoms with E-state index in [2.05, 4.69) is 5.32 Å². The molecular formula is C29H33ClN2O2. The zero-order valence-corrected chi connectivity index (χ0v) is 20.9. The smallest absolute Gasteiger partial charge is 0.243 e. The van der Waals surface area contributed by atoms with Crippen molar-refractivity contribution in [2.45, 2.75) is 58.7 Å². The summed E-state index contributed by atoms with van der Waals surface area (Å²) in [4.78, 5) is 28.8. The van der Waals surface area contributed by atoms with Gasteiger partial charge in [0.25, 0.3) is 0 Å². The number of nitrogens with zero attached hydrogens (tertiary/aromatic N) is 1. The lowest BCUT2D eigenvalue weighted by Crippen LogP contribution is -2.51. The van der Waals surface area contributed by atoms with E-state index in [1.807, 2.05) is 99.6 Å². The third-order valence-corrected chi connectivity index (χ3v) is 6.24. The number of hydrogen-bond acceptors (Lipinski definition) is 2. The van der Waals surface area contributed by atoms with E-state index in [0.29, 0.717) is 24.4 Å². The fraction of sp³-hybridized carbons (Fsp3) is 0.310. The second kappa shape index (κ2) is 12.4. The summed E-state index contributed by atoms with van der Waals surface area (Å²) in [7, 11) is 0. The maximum Gasteiger partial charge on any atom is 0.243 e. The second-order valence-corrected chi connectivity index (χ2v) is 9.32. The average Bonchev–Trinajstić information content (AvgIpc) is 2.82. The number of hydrogen-bond donors (Lipinski definition) is 1. The molecule has 3 aromatic rings. The van der Waals surface area contributed by atoms with Gasteiger partial charge in [-0.05, 0) is 55.5 Å². The van der Waals surface area contributed by atoms with Crippen LogP contribution in [0.2, 0.25) is 5.02 Å². The highest BCUT2D eigenvalue weighted by atomic mass is 35.5. The number of carbonyl (C=O) groups excluding carboxylic acids is 2. The van der Waals surface area contributed by atoms with Crippen molar-refractivity contribution in [2.24, 2.45) is 0 Å². The first-order valence-corrected chi connectivity index (χ1v) is 12.1. The predicted molar refractivity (Wildman–Crippen MR) is 139 cm³/mol. The van der Waals surface area contributed by atoms with E-state index >= 15 is 0 Å². The van der Waals surface area contributed by atoms with Crippen LogP contribution in [0, 0.1) is 6.92 Å². The molecule has 34 heavy (non-hydrogen) atoms. The molecule has 0 fully saturated rings. The molecule has 4 nitrogen and oxygen atoms in total. The van der Waals surface area contributed by atoms with Crippen LogP contribution in [0.5, 0.6) is 0 Å². The van der Waals surface area contributed by atoms with Crippen LogP contribution in [-0.4, -0.2) is 28.8 Å². The van der Waals surface area contributed by atoms with E-state index in [9.17, 15) is 9.59 Å². The first-order chi connectivity index (χ1) is 16.3. The van der Waals surface area contributed by atoms with Gasteiger partial charge in [0.15, 0.2) is 0 Å². The van der Waals surface area contributed by atoms with Gasteiger partial charge in [-0.15, -0.1) is 0 Å². The molecule has 1 unspecified atom stereocenters. The normalized spacial score (nSPS) is 11.8. The average molecular weight is 477 g/mol. The minimum absolute atomic E-state index is 0.0238. The molecule has 0 spiro atoms. The summed E-state index contributed by atoms with van der Waals surface area (Å²) in [6.07, 6.45) is 1.24. The molecule has 0 aromatic heterocycles. The lowest BCUT2D eigenvalue weighted by atomic mass is 10.00. The third kappa shape index (κ3) is 7.19. The minimum atomic E-state index is -0.622. The lowest BCUT2D eigenvalue weighted by molar-refractivity contribution is -0.141. The molecule has 0 aliphatic heterocycles. The van der Waals surface area contributed by atoms with Gasteiger partial charge in [-0.3, -0.25) is 9.59 Å². The van der Waals surface area contributed by atoms with Crippen molar-refractivity contribution >= 4 is 23.4 Å². The maximum atomic E-state index is 13.7. The van der Waals surface area contributed by atoms with E-state index < -0.39 is 6.04 Å². The van der Waals surface area contributed by atoms with Crippen LogP contribution in [0.4, 0.5) is 0 Å². The van der Waals surface area contributed by atoms with Crippen molar-refractivity contribution in [3.8, 4) is 0 Å². The summed E-state index contributed by atoms with van der Waals surface area (Å²) in [5, 5.41) is 3.68. The van der Waals surface area contributed by atoms with E-state index in [0.717, 1.165) is 22.3 Å². The van der Waals surface area contributed by atoms with Gasteiger partial charge in [0, 0.05) is 30.5 Å². The summed E-state index contributed by atoms with van der Waals surface area (Å²) >= 11 is 6.33. The quantitative estimate of drug-likeness (QED) is 0.405. The number of benzene rings is 3. The Kier molecular flexibility index (Phi) is 9.29. The summed E-state index contributed by atoms with van der Waals surface area (Å²) in [6.45, 7) is 6.27. The number of aryl methyl sites for hydroxylation is 2. The van der Waals surface area contributed by atoms with Crippen LogP contribution in [0.25, 0.3) is 0 Å². The summed E-state index contributed by atoms with van der Waals surface area (Å²) in [5.74, 6) is -0.207. The van der Waals surface area contributed by atoms with Crippen LogP contribution in [0.15, 0.2) is 78.9 Å². The Labute approximate surface area is 207 Å². The zero-order chi connectivity index (χ0) is 24.5. The van der Waals surface area contributed by atoms with Gasteiger partial charge in [0.1, 0.15) is 6.04 Å². The predicted octanol–water partition coefficient (Wildman–Crippen LogP) is 5.75. The molecule has 0 heterocycles. The highest BCUT2D eigenvalue weighted by molar-refractivity contribution is 6.31. The summed E-state index contributed by atoms with van der Waals surface area (Å²) in [5.41, 5.74) is 4.07. The van der Waals surface area contributed by atoms with E-state index in [1.165, 1.54) is 0 Å². The van der Waals surface area contributed by atoms with Crippen molar-refractivity contribution < 1.29 is 9.59 Å². The first kappa shape index (κ1) is 25.5. The number of halogens is 1. The van der Waals surface area contributed by atoms with Gasteiger partial charge >= 0.3 is 0 Å². The molecule has 0 aliphatic rings. The molecule has 3 aromatic carbocycles. The number of nitrogens with one attached hydrogen (secondary N) is 1. The Morgan fingerprint density at radius 2 is 1.50 bits per heavy atom. The third-order valence-electron chi connectivity index (χ3n) is 5.87. The second-order valence-electron chi connectivity index (χ2n) is 8.91. The SMILES string of the molecule is Cc1ccccc1CN(C(=O)CCc1ccccc1Cl)C(Cc1ccccc1)C(=O)NC(C)C. The molecule has 2 amide bonds. The molecular weight excluding hydrogens is 444 g/mol. The van der Waals surface area contributed by atoms with E-state index in [-0.39, 0.29) is 24.3 Å². The molecule has 0 aliphatic carbocycles.